The molecule has 3 aromatic carbocycles. The number of nitrogens with zero attached hydrogens (tertiary/aromatic N) is 1. The number of hydrogen-bond donors (Lipinski definition) is 1. The van der Waals surface area contributed by atoms with Crippen molar-refractivity contribution in [2.45, 2.75) is 36.6 Å². The molecule has 1 amide bonds. The minimum Gasteiger partial charge on any atom is -0.482 e. The third kappa shape index (κ3) is 4.38. The molecule has 3 aromatic rings. The summed E-state index contributed by atoms with van der Waals surface area (Å²) in [6.07, 6.45) is 3.60. The maximum atomic E-state index is 13.2. The molecule has 1 heterocycles. The van der Waals surface area contributed by atoms with Gasteiger partial charge in [-0.15, -0.1) is 0 Å². The van der Waals surface area contributed by atoms with Gasteiger partial charge in [-0.05, 0) is 66.6 Å². The van der Waals surface area contributed by atoms with E-state index in [0.717, 1.165) is 30.4 Å². The molecule has 34 heavy (non-hydrogen) atoms. The van der Waals surface area contributed by atoms with Crippen LogP contribution in [0.2, 0.25) is 5.02 Å². The van der Waals surface area contributed by atoms with Crippen molar-refractivity contribution in [2.24, 2.45) is 0 Å². The van der Waals surface area contributed by atoms with Crippen LogP contribution >= 0.6 is 11.6 Å². The van der Waals surface area contributed by atoms with Crippen molar-refractivity contribution in [1.82, 2.24) is 5.32 Å². The van der Waals surface area contributed by atoms with Crippen molar-refractivity contribution in [2.75, 3.05) is 17.5 Å². The molecule has 1 atom stereocenters. The van der Waals surface area contributed by atoms with Crippen LogP contribution in [-0.4, -0.2) is 27.5 Å². The number of rotatable bonds is 6. The molecule has 5 rings (SSSR count). The van der Waals surface area contributed by atoms with Gasteiger partial charge >= 0.3 is 0 Å². The van der Waals surface area contributed by atoms with Crippen LogP contribution in [0.25, 0.3) is 0 Å². The number of ether oxygens (including phenoxy) is 1. The molecule has 176 valence electrons. The van der Waals surface area contributed by atoms with E-state index in [1.165, 1.54) is 28.1 Å². The molecule has 1 aliphatic heterocycles. The van der Waals surface area contributed by atoms with Gasteiger partial charge in [0, 0.05) is 6.54 Å². The van der Waals surface area contributed by atoms with Crippen LogP contribution in [0.4, 0.5) is 5.69 Å². The number of carbonyl (C=O) groups is 1. The Labute approximate surface area is 204 Å². The highest BCUT2D eigenvalue weighted by atomic mass is 35.5. The van der Waals surface area contributed by atoms with Crippen molar-refractivity contribution in [3.05, 3.63) is 88.4 Å². The molecule has 0 saturated carbocycles. The lowest BCUT2D eigenvalue weighted by atomic mass is 9.88. The highest BCUT2D eigenvalue weighted by Crippen LogP contribution is 2.35. The molecule has 1 N–H and O–H groups in total. The number of benzene rings is 3. The maximum Gasteiger partial charge on any atom is 0.264 e. The van der Waals surface area contributed by atoms with E-state index in [-0.39, 0.29) is 34.2 Å². The molecular formula is C26H25ClN2O4S. The van der Waals surface area contributed by atoms with E-state index in [4.69, 9.17) is 16.3 Å². The average molecular weight is 497 g/mol. The highest BCUT2D eigenvalue weighted by Gasteiger charge is 2.31. The van der Waals surface area contributed by atoms with Gasteiger partial charge in [0.05, 0.1) is 21.6 Å². The zero-order chi connectivity index (χ0) is 23.7. The summed E-state index contributed by atoms with van der Waals surface area (Å²) >= 11 is 6.34. The fourth-order valence-electron chi connectivity index (χ4n) is 4.73. The fourth-order valence-corrected chi connectivity index (χ4v) is 6.56. The number of anilines is 1. The second-order valence-electron chi connectivity index (χ2n) is 8.55. The Balaban J connectivity index is 1.25. The zero-order valence-electron chi connectivity index (χ0n) is 18.5. The first kappa shape index (κ1) is 22.7. The summed E-state index contributed by atoms with van der Waals surface area (Å²) in [5, 5.41) is 3.18. The molecule has 1 unspecified atom stereocenters. The van der Waals surface area contributed by atoms with E-state index in [1.54, 1.807) is 0 Å². The smallest absolute Gasteiger partial charge is 0.264 e. The Morgan fingerprint density at radius 2 is 1.79 bits per heavy atom. The summed E-state index contributed by atoms with van der Waals surface area (Å²) in [7, 11) is -3.76. The van der Waals surface area contributed by atoms with Crippen LogP contribution < -0.4 is 14.4 Å². The second kappa shape index (κ2) is 9.31. The molecule has 0 bridgehead atoms. The van der Waals surface area contributed by atoms with Gasteiger partial charge < -0.3 is 10.1 Å². The second-order valence-corrected chi connectivity index (χ2v) is 10.8. The minimum atomic E-state index is -3.76. The number of amides is 1. The molecule has 0 spiro atoms. The number of aryl methyl sites for hydroxylation is 1. The minimum absolute atomic E-state index is 0.0348. The zero-order valence-corrected chi connectivity index (χ0v) is 20.1. The number of hydrogen-bond acceptors (Lipinski definition) is 4. The Morgan fingerprint density at radius 1 is 1.03 bits per heavy atom. The van der Waals surface area contributed by atoms with E-state index < -0.39 is 10.0 Å². The molecule has 0 saturated heterocycles. The molecule has 0 aromatic heterocycles. The summed E-state index contributed by atoms with van der Waals surface area (Å²) in [6.45, 7) is 0.187. The lowest BCUT2D eigenvalue weighted by molar-refractivity contribution is -0.123. The molecule has 1 aliphatic carbocycles. The third-order valence-corrected chi connectivity index (χ3v) is 8.50. The predicted octanol–water partition coefficient (Wildman–Crippen LogP) is 4.66. The first-order valence-electron chi connectivity index (χ1n) is 11.3. The third-order valence-electron chi connectivity index (χ3n) is 6.40. The molecule has 2 aliphatic rings. The van der Waals surface area contributed by atoms with Crippen molar-refractivity contribution in [3.63, 3.8) is 0 Å². The van der Waals surface area contributed by atoms with Crippen LogP contribution in [0, 0.1) is 0 Å². The number of carbonyl (C=O) groups excluding carboxylic acids is 1. The van der Waals surface area contributed by atoms with E-state index in [2.05, 4.69) is 17.4 Å². The van der Waals surface area contributed by atoms with E-state index >= 15 is 0 Å². The van der Waals surface area contributed by atoms with Crippen LogP contribution in [0.1, 0.15) is 35.6 Å². The van der Waals surface area contributed by atoms with Crippen LogP contribution in [0.3, 0.4) is 0 Å². The lowest BCUT2D eigenvalue weighted by Gasteiger charge is -2.26. The summed E-state index contributed by atoms with van der Waals surface area (Å²) in [5.74, 6) is 0.0183. The van der Waals surface area contributed by atoms with Gasteiger partial charge in [0.25, 0.3) is 15.9 Å². The number of nitrogens with one attached hydrogen (secondary N) is 1. The number of para-hydroxylation sites is 1. The van der Waals surface area contributed by atoms with E-state index in [0.29, 0.717) is 18.7 Å². The number of fused-ring (bicyclic) bond motifs is 2. The van der Waals surface area contributed by atoms with Crippen molar-refractivity contribution < 1.29 is 17.9 Å². The summed E-state index contributed by atoms with van der Waals surface area (Å²) < 4.78 is 33.5. The topological polar surface area (TPSA) is 75.7 Å². The summed E-state index contributed by atoms with van der Waals surface area (Å²) in [4.78, 5) is 12.6. The monoisotopic (exact) mass is 496 g/mol. The highest BCUT2D eigenvalue weighted by molar-refractivity contribution is 7.92. The Hall–Kier alpha value is -3.03. The number of halogens is 1. The number of sulfonamides is 1. The standard InChI is InChI=1S/C26H25ClN2O4S/c27-22-16-20(34(31,32)29-15-14-19-7-2-4-11-24(19)29)12-13-25(22)33-17-26(30)28-23-10-5-8-18-6-1-3-9-21(18)23/h1-4,6-7,9,11-13,16,23H,5,8,10,14-15,17H2,(H,28,30). The van der Waals surface area contributed by atoms with Crippen LogP contribution in [-0.2, 0) is 27.7 Å². The molecule has 0 radical (unpaired) electrons. The SMILES string of the molecule is O=C(COc1ccc(S(=O)(=O)N2CCc3ccccc32)cc1Cl)NC1CCCc2ccccc21. The largest absolute Gasteiger partial charge is 0.482 e. The van der Waals surface area contributed by atoms with Crippen molar-refractivity contribution in [1.29, 1.82) is 0 Å². The molecule has 6 nitrogen and oxygen atoms in total. The van der Waals surface area contributed by atoms with Gasteiger partial charge in [-0.25, -0.2) is 8.42 Å². The quantitative estimate of drug-likeness (QED) is 0.538. The van der Waals surface area contributed by atoms with Gasteiger partial charge in [0.15, 0.2) is 6.61 Å². The van der Waals surface area contributed by atoms with Gasteiger partial charge in [0.1, 0.15) is 5.75 Å². The van der Waals surface area contributed by atoms with Crippen LogP contribution in [0.15, 0.2) is 71.6 Å². The Bertz CT molecular complexity index is 1340. The van der Waals surface area contributed by atoms with E-state index in [1.807, 2.05) is 36.4 Å². The van der Waals surface area contributed by atoms with Gasteiger partial charge in [-0.2, -0.15) is 0 Å². The first-order valence-corrected chi connectivity index (χ1v) is 13.2. The maximum absolute atomic E-state index is 13.2. The lowest BCUT2D eigenvalue weighted by Crippen LogP contribution is -2.34. The summed E-state index contributed by atoms with van der Waals surface area (Å²) in [5.41, 5.74) is 4.11. The Kier molecular flexibility index (Phi) is 6.23. The van der Waals surface area contributed by atoms with Crippen LogP contribution in [0.5, 0.6) is 5.75 Å². The first-order chi connectivity index (χ1) is 16.4. The van der Waals surface area contributed by atoms with Gasteiger partial charge in [0.2, 0.25) is 0 Å². The molecular weight excluding hydrogens is 472 g/mol. The van der Waals surface area contributed by atoms with Gasteiger partial charge in [-0.3, -0.25) is 9.10 Å². The predicted molar refractivity (Wildman–Crippen MR) is 132 cm³/mol. The average Bonchev–Trinajstić information content (AvgIpc) is 3.29. The normalized spacial score (nSPS) is 17.1. The fraction of sp³-hybridized carbons (Fsp3) is 0.269. The van der Waals surface area contributed by atoms with E-state index in [9.17, 15) is 13.2 Å². The molecule has 8 heteroatoms. The van der Waals surface area contributed by atoms with Gasteiger partial charge in [-0.1, -0.05) is 54.1 Å². The van der Waals surface area contributed by atoms with Crippen molar-refractivity contribution in [3.8, 4) is 5.75 Å². The Morgan fingerprint density at radius 3 is 2.62 bits per heavy atom. The van der Waals surface area contributed by atoms with Crippen molar-refractivity contribution >= 4 is 33.2 Å². The summed E-state index contributed by atoms with van der Waals surface area (Å²) in [6, 6.07) is 19.9. The molecule has 0 fully saturated rings.